The Hall–Kier alpha value is -1.11. The fourth-order valence-electron chi connectivity index (χ4n) is 2.74. The smallest absolute Gasteiger partial charge is 0.163 e. The van der Waals surface area contributed by atoms with Gasteiger partial charge in [0, 0.05) is 12.0 Å². The molecule has 0 bridgehead atoms. The van der Waals surface area contributed by atoms with Crippen molar-refractivity contribution in [2.24, 2.45) is 5.92 Å². The lowest BCUT2D eigenvalue weighted by Gasteiger charge is -2.20. The molecule has 1 saturated carbocycles. The zero-order chi connectivity index (χ0) is 12.1. The van der Waals surface area contributed by atoms with Crippen LogP contribution in [0.15, 0.2) is 24.3 Å². The van der Waals surface area contributed by atoms with Gasteiger partial charge >= 0.3 is 0 Å². The third-order valence-electron chi connectivity index (χ3n) is 3.86. The Labute approximate surface area is 104 Å². The minimum atomic E-state index is 0.340. The minimum absolute atomic E-state index is 0.340. The molecule has 0 spiro atoms. The lowest BCUT2D eigenvalue weighted by Crippen LogP contribution is -2.12. The number of ketones is 1. The first-order valence-electron chi connectivity index (χ1n) is 6.91. The predicted molar refractivity (Wildman–Crippen MR) is 71.3 cm³/mol. The molecule has 0 aromatic heterocycles. The van der Waals surface area contributed by atoms with E-state index in [0.29, 0.717) is 11.7 Å². The molecule has 1 aliphatic rings. The van der Waals surface area contributed by atoms with Crippen LogP contribution >= 0.6 is 0 Å². The van der Waals surface area contributed by atoms with Gasteiger partial charge < -0.3 is 0 Å². The van der Waals surface area contributed by atoms with Crippen molar-refractivity contribution in [2.45, 2.75) is 51.9 Å². The SMILES string of the molecule is CCc1cccc(C(=O)CC2CCCCC2)c1. The van der Waals surface area contributed by atoms with E-state index in [4.69, 9.17) is 0 Å². The summed E-state index contributed by atoms with van der Waals surface area (Å²) in [5.41, 5.74) is 2.18. The summed E-state index contributed by atoms with van der Waals surface area (Å²) in [5, 5.41) is 0. The van der Waals surface area contributed by atoms with Crippen molar-refractivity contribution in [3.05, 3.63) is 35.4 Å². The van der Waals surface area contributed by atoms with Gasteiger partial charge in [0.05, 0.1) is 0 Å². The summed E-state index contributed by atoms with van der Waals surface area (Å²) >= 11 is 0. The molecule has 0 atom stereocenters. The van der Waals surface area contributed by atoms with Crippen LogP contribution in [0.2, 0.25) is 0 Å². The molecule has 2 rings (SSSR count). The lowest BCUT2D eigenvalue weighted by molar-refractivity contribution is 0.0950. The highest BCUT2D eigenvalue weighted by Gasteiger charge is 2.17. The van der Waals surface area contributed by atoms with Gasteiger partial charge in [0.25, 0.3) is 0 Å². The molecule has 1 fully saturated rings. The highest BCUT2D eigenvalue weighted by Crippen LogP contribution is 2.27. The zero-order valence-corrected chi connectivity index (χ0v) is 10.7. The number of benzene rings is 1. The van der Waals surface area contributed by atoms with Crippen LogP contribution in [-0.2, 0) is 6.42 Å². The number of hydrogen-bond acceptors (Lipinski definition) is 1. The van der Waals surface area contributed by atoms with E-state index in [0.717, 1.165) is 18.4 Å². The van der Waals surface area contributed by atoms with E-state index >= 15 is 0 Å². The summed E-state index contributed by atoms with van der Waals surface area (Å²) < 4.78 is 0. The molecule has 1 aliphatic carbocycles. The van der Waals surface area contributed by atoms with E-state index in [1.165, 1.54) is 37.7 Å². The quantitative estimate of drug-likeness (QED) is 0.700. The maximum Gasteiger partial charge on any atom is 0.163 e. The third-order valence-corrected chi connectivity index (χ3v) is 3.86. The maximum atomic E-state index is 12.2. The number of Topliss-reactive ketones (excluding diaryl/α,β-unsaturated/α-hetero) is 1. The van der Waals surface area contributed by atoms with Crippen molar-refractivity contribution in [3.63, 3.8) is 0 Å². The van der Waals surface area contributed by atoms with Crippen molar-refractivity contribution in [2.75, 3.05) is 0 Å². The fraction of sp³-hybridized carbons (Fsp3) is 0.562. The van der Waals surface area contributed by atoms with Crippen molar-refractivity contribution < 1.29 is 4.79 Å². The van der Waals surface area contributed by atoms with E-state index in [2.05, 4.69) is 19.1 Å². The van der Waals surface area contributed by atoms with Gasteiger partial charge in [0.2, 0.25) is 0 Å². The normalized spacial score (nSPS) is 17.0. The van der Waals surface area contributed by atoms with Crippen LogP contribution in [0.25, 0.3) is 0 Å². The van der Waals surface area contributed by atoms with Gasteiger partial charge in [-0.3, -0.25) is 4.79 Å². The number of carbonyl (C=O) groups excluding carboxylic acids is 1. The van der Waals surface area contributed by atoms with Gasteiger partial charge in [-0.1, -0.05) is 57.2 Å². The van der Waals surface area contributed by atoms with Gasteiger partial charge in [0.15, 0.2) is 5.78 Å². The van der Waals surface area contributed by atoms with Gasteiger partial charge in [-0.25, -0.2) is 0 Å². The van der Waals surface area contributed by atoms with Gasteiger partial charge in [-0.05, 0) is 24.0 Å². The molecule has 0 saturated heterocycles. The van der Waals surface area contributed by atoms with E-state index in [1.54, 1.807) is 0 Å². The van der Waals surface area contributed by atoms with E-state index in [1.807, 2.05) is 12.1 Å². The Bertz CT molecular complexity index is 375. The second-order valence-electron chi connectivity index (χ2n) is 5.19. The topological polar surface area (TPSA) is 17.1 Å². The monoisotopic (exact) mass is 230 g/mol. The van der Waals surface area contributed by atoms with Crippen LogP contribution in [0.1, 0.15) is 61.4 Å². The maximum absolute atomic E-state index is 12.2. The molecule has 0 N–H and O–H groups in total. The lowest BCUT2D eigenvalue weighted by atomic mass is 9.84. The van der Waals surface area contributed by atoms with Gasteiger partial charge in [0.1, 0.15) is 0 Å². The number of rotatable bonds is 4. The molecular weight excluding hydrogens is 208 g/mol. The van der Waals surface area contributed by atoms with Crippen molar-refractivity contribution in [3.8, 4) is 0 Å². The molecule has 92 valence electrons. The summed E-state index contributed by atoms with van der Waals surface area (Å²) in [6.07, 6.45) is 8.24. The zero-order valence-electron chi connectivity index (χ0n) is 10.7. The van der Waals surface area contributed by atoms with Crippen LogP contribution in [-0.4, -0.2) is 5.78 Å². The molecule has 0 aliphatic heterocycles. The third kappa shape index (κ3) is 3.42. The highest BCUT2D eigenvalue weighted by molar-refractivity contribution is 5.96. The van der Waals surface area contributed by atoms with Crippen molar-refractivity contribution >= 4 is 5.78 Å². The minimum Gasteiger partial charge on any atom is -0.294 e. The van der Waals surface area contributed by atoms with Crippen molar-refractivity contribution in [1.82, 2.24) is 0 Å². The highest BCUT2D eigenvalue weighted by atomic mass is 16.1. The molecular formula is C16H22O. The second kappa shape index (κ2) is 6.00. The largest absolute Gasteiger partial charge is 0.294 e. The first kappa shape index (κ1) is 12.3. The standard InChI is InChI=1S/C16H22O/c1-2-13-9-6-10-15(11-13)16(17)12-14-7-4-3-5-8-14/h6,9-11,14H,2-5,7-8,12H2,1H3. The summed E-state index contributed by atoms with van der Waals surface area (Å²) in [5.74, 6) is 0.980. The fourth-order valence-corrected chi connectivity index (χ4v) is 2.74. The molecule has 0 unspecified atom stereocenters. The van der Waals surface area contributed by atoms with Crippen LogP contribution < -0.4 is 0 Å². The summed E-state index contributed by atoms with van der Waals surface area (Å²) in [4.78, 5) is 12.2. The first-order valence-corrected chi connectivity index (χ1v) is 6.91. The summed E-state index contributed by atoms with van der Waals surface area (Å²) in [6.45, 7) is 2.13. The summed E-state index contributed by atoms with van der Waals surface area (Å²) in [6, 6.07) is 8.12. The Morgan fingerprint density at radius 2 is 2.00 bits per heavy atom. The number of aryl methyl sites for hydroxylation is 1. The molecule has 17 heavy (non-hydrogen) atoms. The summed E-state index contributed by atoms with van der Waals surface area (Å²) in [7, 11) is 0. The van der Waals surface area contributed by atoms with Crippen LogP contribution in [0.4, 0.5) is 0 Å². The van der Waals surface area contributed by atoms with Crippen LogP contribution in [0.5, 0.6) is 0 Å². The average molecular weight is 230 g/mol. The van der Waals surface area contributed by atoms with Gasteiger partial charge in [-0.15, -0.1) is 0 Å². The van der Waals surface area contributed by atoms with Crippen LogP contribution in [0.3, 0.4) is 0 Å². The molecule has 0 radical (unpaired) electrons. The molecule has 1 heteroatoms. The predicted octanol–water partition coefficient (Wildman–Crippen LogP) is 4.40. The Morgan fingerprint density at radius 3 is 2.71 bits per heavy atom. The molecule has 1 aromatic carbocycles. The molecule has 1 aromatic rings. The number of hydrogen-bond donors (Lipinski definition) is 0. The molecule has 0 heterocycles. The van der Waals surface area contributed by atoms with E-state index in [9.17, 15) is 4.79 Å². The second-order valence-corrected chi connectivity index (χ2v) is 5.19. The Balaban J connectivity index is 1.98. The average Bonchev–Trinajstić information content (AvgIpc) is 2.40. The first-order chi connectivity index (χ1) is 8.29. The molecule has 0 amide bonds. The van der Waals surface area contributed by atoms with E-state index < -0.39 is 0 Å². The Morgan fingerprint density at radius 1 is 1.24 bits per heavy atom. The van der Waals surface area contributed by atoms with Crippen molar-refractivity contribution in [1.29, 1.82) is 0 Å². The van der Waals surface area contributed by atoms with Crippen LogP contribution in [0, 0.1) is 5.92 Å². The van der Waals surface area contributed by atoms with Gasteiger partial charge in [-0.2, -0.15) is 0 Å². The molecule has 1 nitrogen and oxygen atoms in total. The van der Waals surface area contributed by atoms with E-state index in [-0.39, 0.29) is 0 Å². The Kier molecular flexibility index (Phi) is 4.36. The number of carbonyl (C=O) groups is 1.